The number of tetrazole rings is 1. The van der Waals surface area contributed by atoms with Crippen LogP contribution in [0.5, 0.6) is 0 Å². The molecule has 1 N–H and O–H groups in total. The Morgan fingerprint density at radius 1 is 1.20 bits per heavy atom. The van der Waals surface area contributed by atoms with Crippen LogP contribution in [-0.2, 0) is 21.5 Å². The van der Waals surface area contributed by atoms with Crippen LogP contribution in [0.3, 0.4) is 0 Å². The summed E-state index contributed by atoms with van der Waals surface area (Å²) in [6.45, 7) is 9.78. The highest BCUT2D eigenvalue weighted by molar-refractivity contribution is 7.17. The van der Waals surface area contributed by atoms with E-state index in [9.17, 15) is 9.59 Å². The van der Waals surface area contributed by atoms with Crippen LogP contribution in [0, 0.1) is 6.92 Å². The minimum Gasteiger partial charge on any atom is -0.462 e. The highest BCUT2D eigenvalue weighted by atomic mass is 32.1. The monoisotopic (exact) mass is 427 g/mol. The Bertz CT molecular complexity index is 1050. The van der Waals surface area contributed by atoms with Gasteiger partial charge in [0.15, 0.2) is 5.82 Å². The molecule has 9 heteroatoms. The van der Waals surface area contributed by atoms with Gasteiger partial charge in [-0.2, -0.15) is 0 Å². The van der Waals surface area contributed by atoms with Gasteiger partial charge in [0.2, 0.25) is 5.91 Å². The Morgan fingerprint density at radius 3 is 2.53 bits per heavy atom. The normalized spacial score (nSPS) is 11.4. The van der Waals surface area contributed by atoms with Crippen LogP contribution >= 0.6 is 11.3 Å². The van der Waals surface area contributed by atoms with Gasteiger partial charge in [-0.3, -0.25) is 4.79 Å². The Labute approximate surface area is 179 Å². The molecule has 3 rings (SSSR count). The lowest BCUT2D eigenvalue weighted by Gasteiger charge is -2.16. The van der Waals surface area contributed by atoms with E-state index in [-0.39, 0.29) is 24.5 Å². The predicted octanol–water partition coefficient (Wildman–Crippen LogP) is 3.82. The van der Waals surface area contributed by atoms with Gasteiger partial charge in [0.05, 0.1) is 6.61 Å². The highest BCUT2D eigenvalue weighted by Gasteiger charge is 2.27. The van der Waals surface area contributed by atoms with E-state index in [0.717, 1.165) is 16.0 Å². The number of amides is 1. The van der Waals surface area contributed by atoms with Crippen molar-refractivity contribution in [1.29, 1.82) is 0 Å². The van der Waals surface area contributed by atoms with Gasteiger partial charge in [-0.1, -0.05) is 51.1 Å². The van der Waals surface area contributed by atoms with E-state index in [1.54, 1.807) is 6.92 Å². The molecule has 2 heterocycles. The molecule has 3 aromatic rings. The van der Waals surface area contributed by atoms with Crippen molar-refractivity contribution < 1.29 is 14.3 Å². The molecule has 0 spiro atoms. The number of nitrogens with zero attached hydrogens (tertiary/aromatic N) is 4. The first-order chi connectivity index (χ1) is 14.2. The molecule has 1 amide bonds. The number of hydrogen-bond donors (Lipinski definition) is 1. The lowest BCUT2D eigenvalue weighted by atomic mass is 9.96. The number of ether oxygens (including phenoxy) is 1. The maximum absolute atomic E-state index is 12.8. The Morgan fingerprint density at radius 2 is 1.90 bits per heavy atom. The molecule has 1 aromatic carbocycles. The van der Waals surface area contributed by atoms with Crippen LogP contribution in [0.2, 0.25) is 0 Å². The van der Waals surface area contributed by atoms with Crippen LogP contribution < -0.4 is 5.32 Å². The van der Waals surface area contributed by atoms with Gasteiger partial charge in [-0.05, 0) is 29.8 Å². The molecular weight excluding hydrogens is 402 g/mol. The summed E-state index contributed by atoms with van der Waals surface area (Å²) in [5.74, 6) is -0.177. The molecule has 0 aliphatic heterocycles. The number of carbonyl (C=O) groups is 2. The summed E-state index contributed by atoms with van der Waals surface area (Å²) in [4.78, 5) is 26.4. The highest BCUT2D eigenvalue weighted by Crippen LogP contribution is 2.40. The van der Waals surface area contributed by atoms with Gasteiger partial charge >= 0.3 is 5.97 Å². The molecule has 0 aliphatic rings. The zero-order valence-corrected chi connectivity index (χ0v) is 18.5. The summed E-state index contributed by atoms with van der Waals surface area (Å²) in [5, 5.41) is 15.0. The van der Waals surface area contributed by atoms with Crippen LogP contribution in [0.4, 0.5) is 5.00 Å². The van der Waals surface area contributed by atoms with Crippen molar-refractivity contribution in [2.45, 2.75) is 46.6 Å². The van der Waals surface area contributed by atoms with E-state index in [1.165, 1.54) is 16.0 Å². The second kappa shape index (κ2) is 8.74. The Hall–Kier alpha value is -3.07. The fourth-order valence-electron chi connectivity index (χ4n) is 3.13. The summed E-state index contributed by atoms with van der Waals surface area (Å²) in [7, 11) is 0. The van der Waals surface area contributed by atoms with Crippen molar-refractivity contribution in [2.24, 2.45) is 0 Å². The number of thiophene rings is 1. The number of esters is 1. The zero-order chi connectivity index (χ0) is 21.9. The first-order valence-corrected chi connectivity index (χ1v) is 10.5. The minimum absolute atomic E-state index is 0.0561. The number of hydrogen-bond acceptors (Lipinski definition) is 7. The molecule has 0 atom stereocenters. The molecule has 0 aliphatic carbocycles. The Balaban J connectivity index is 1.93. The Kier molecular flexibility index (Phi) is 6.31. The van der Waals surface area contributed by atoms with Crippen molar-refractivity contribution >= 4 is 28.2 Å². The van der Waals surface area contributed by atoms with Crippen molar-refractivity contribution in [3.8, 4) is 11.1 Å². The van der Waals surface area contributed by atoms with Gasteiger partial charge < -0.3 is 10.1 Å². The fraction of sp³-hybridized carbons (Fsp3) is 0.381. The lowest BCUT2D eigenvalue weighted by molar-refractivity contribution is -0.117. The summed E-state index contributed by atoms with van der Waals surface area (Å²) < 4.78 is 6.74. The number of benzene rings is 1. The van der Waals surface area contributed by atoms with Gasteiger partial charge in [0.25, 0.3) is 0 Å². The average Bonchev–Trinajstić information content (AvgIpc) is 3.26. The zero-order valence-electron chi connectivity index (χ0n) is 17.7. The maximum Gasteiger partial charge on any atom is 0.341 e. The standard InChI is InChI=1S/C21H25N5O3S/c1-6-29-19(28)17-16(14-10-8-7-9-11-14)13(2)30-18(17)22-15(27)12-26-20(21(3,4)5)23-24-25-26/h7-11H,6,12H2,1-5H3,(H,22,27). The van der Waals surface area contributed by atoms with Gasteiger partial charge in [-0.15, -0.1) is 16.4 Å². The van der Waals surface area contributed by atoms with Crippen molar-refractivity contribution in [2.75, 3.05) is 11.9 Å². The molecule has 2 aromatic heterocycles. The fourth-order valence-corrected chi connectivity index (χ4v) is 4.21. The van der Waals surface area contributed by atoms with Crippen LogP contribution in [0.15, 0.2) is 30.3 Å². The van der Waals surface area contributed by atoms with E-state index in [2.05, 4.69) is 20.8 Å². The first-order valence-electron chi connectivity index (χ1n) is 9.64. The topological polar surface area (TPSA) is 99.0 Å². The van der Waals surface area contributed by atoms with Crippen molar-refractivity contribution in [1.82, 2.24) is 20.2 Å². The second-order valence-corrected chi connectivity index (χ2v) is 9.01. The number of nitrogens with one attached hydrogen (secondary N) is 1. The molecule has 8 nitrogen and oxygen atoms in total. The third-order valence-electron chi connectivity index (χ3n) is 4.38. The number of anilines is 1. The summed E-state index contributed by atoms with van der Waals surface area (Å²) in [5.41, 5.74) is 1.73. The summed E-state index contributed by atoms with van der Waals surface area (Å²) in [6.07, 6.45) is 0. The van der Waals surface area contributed by atoms with E-state index in [4.69, 9.17) is 4.74 Å². The van der Waals surface area contributed by atoms with Gasteiger partial charge in [0.1, 0.15) is 17.1 Å². The molecule has 0 unspecified atom stereocenters. The quantitative estimate of drug-likeness (QED) is 0.601. The van der Waals surface area contributed by atoms with Gasteiger partial charge in [0, 0.05) is 15.9 Å². The second-order valence-electron chi connectivity index (χ2n) is 7.78. The van der Waals surface area contributed by atoms with Gasteiger partial charge in [-0.25, -0.2) is 9.48 Å². The van der Waals surface area contributed by atoms with E-state index in [0.29, 0.717) is 16.4 Å². The third kappa shape index (κ3) is 4.56. The van der Waals surface area contributed by atoms with Crippen LogP contribution in [-0.4, -0.2) is 38.7 Å². The SMILES string of the molecule is CCOC(=O)c1c(NC(=O)Cn2nnnc2C(C)(C)C)sc(C)c1-c1ccccc1. The molecule has 0 fully saturated rings. The predicted molar refractivity (Wildman–Crippen MR) is 116 cm³/mol. The molecule has 0 saturated carbocycles. The number of rotatable bonds is 6. The maximum atomic E-state index is 12.8. The molecule has 158 valence electrons. The number of aryl methyl sites for hydroxylation is 1. The largest absolute Gasteiger partial charge is 0.462 e. The number of carbonyl (C=O) groups excluding carboxylic acids is 2. The lowest BCUT2D eigenvalue weighted by Crippen LogP contribution is -2.26. The van der Waals surface area contributed by atoms with Crippen LogP contribution in [0.25, 0.3) is 11.1 Å². The summed E-state index contributed by atoms with van der Waals surface area (Å²) in [6, 6.07) is 9.59. The first kappa shape index (κ1) is 21.6. The smallest absolute Gasteiger partial charge is 0.341 e. The molecule has 30 heavy (non-hydrogen) atoms. The third-order valence-corrected chi connectivity index (χ3v) is 5.40. The molecule has 0 radical (unpaired) electrons. The van der Waals surface area contributed by atoms with Crippen molar-refractivity contribution in [3.05, 3.63) is 46.6 Å². The van der Waals surface area contributed by atoms with E-state index in [1.807, 2.05) is 58.0 Å². The average molecular weight is 428 g/mol. The van der Waals surface area contributed by atoms with Crippen LogP contribution in [0.1, 0.15) is 48.8 Å². The minimum atomic E-state index is -0.464. The number of aromatic nitrogens is 4. The molecule has 0 saturated heterocycles. The van der Waals surface area contributed by atoms with E-state index < -0.39 is 5.97 Å². The van der Waals surface area contributed by atoms with E-state index >= 15 is 0 Å². The van der Waals surface area contributed by atoms with Crippen molar-refractivity contribution in [3.63, 3.8) is 0 Å². The summed E-state index contributed by atoms with van der Waals surface area (Å²) >= 11 is 1.35. The molecular formula is C21H25N5O3S. The molecule has 0 bridgehead atoms.